The quantitative estimate of drug-likeness (QED) is 0.790. The molecule has 1 rings (SSSR count). The number of nitrogens with zero attached hydrogens (tertiary/aromatic N) is 1. The number of halogens is 1. The van der Waals surface area contributed by atoms with Crippen LogP contribution in [0.25, 0.3) is 0 Å². The van der Waals surface area contributed by atoms with Gasteiger partial charge in [-0.3, -0.25) is 0 Å². The van der Waals surface area contributed by atoms with E-state index in [0.29, 0.717) is 0 Å². The highest BCUT2D eigenvalue weighted by molar-refractivity contribution is 9.11. The minimum Gasteiger partial charge on any atom is -0.399 e. The molecule has 14 heavy (non-hydrogen) atoms. The van der Waals surface area contributed by atoms with E-state index >= 15 is 0 Å². The molecule has 0 amide bonds. The van der Waals surface area contributed by atoms with Gasteiger partial charge in [0.2, 0.25) is 0 Å². The zero-order chi connectivity index (χ0) is 10.8. The smallest absolute Gasteiger partial charge is 0.186 e. The van der Waals surface area contributed by atoms with Gasteiger partial charge >= 0.3 is 0 Å². The lowest BCUT2D eigenvalue weighted by Crippen LogP contribution is -2.27. The fourth-order valence-corrected chi connectivity index (χ4v) is 3.07. The molecule has 0 aliphatic rings. The van der Waals surface area contributed by atoms with Crippen LogP contribution < -0.4 is 0 Å². The molecule has 1 aromatic heterocycles. The summed E-state index contributed by atoms with van der Waals surface area (Å²) in [5.74, 6) is 0. The Morgan fingerprint density at radius 2 is 2.21 bits per heavy atom. The summed E-state index contributed by atoms with van der Waals surface area (Å²) in [6.45, 7) is 6.25. The molecule has 0 aliphatic heterocycles. The molecule has 0 N–H and O–H groups in total. The molecule has 0 fully saturated rings. The Morgan fingerprint density at radius 3 is 2.57 bits per heavy atom. The van der Waals surface area contributed by atoms with Gasteiger partial charge in [0.25, 0.3) is 0 Å². The van der Waals surface area contributed by atoms with Gasteiger partial charge in [0.05, 0.1) is 9.86 Å². The van der Waals surface area contributed by atoms with Gasteiger partial charge in [0.15, 0.2) is 14.4 Å². The third-order valence-electron chi connectivity index (χ3n) is 1.48. The molecule has 0 spiro atoms. The number of hydrogen-bond acceptors (Lipinski definition) is 3. The predicted octanol–water partition coefficient (Wildman–Crippen LogP) is 3.93. The molecule has 5 heteroatoms. The molecule has 0 bridgehead atoms. The summed E-state index contributed by atoms with van der Waals surface area (Å²) < 4.78 is 6.78. The highest BCUT2D eigenvalue weighted by Gasteiger charge is 2.22. The molecule has 0 aliphatic carbocycles. The third kappa shape index (κ3) is 3.54. The molecular weight excluding hydrogens is 278 g/mol. The molecule has 1 unspecified atom stereocenters. The third-order valence-corrected chi connectivity index (χ3v) is 3.94. The maximum Gasteiger partial charge on any atom is 0.186 e. The topological polar surface area (TPSA) is 33.0 Å². The van der Waals surface area contributed by atoms with E-state index < -0.39 is 14.4 Å². The van der Waals surface area contributed by atoms with Gasteiger partial charge in [0, 0.05) is 5.56 Å². The van der Waals surface area contributed by atoms with Crippen LogP contribution in [0.2, 0.25) is 19.6 Å². The van der Waals surface area contributed by atoms with Crippen LogP contribution in [0, 0.1) is 11.3 Å². The highest BCUT2D eigenvalue weighted by atomic mass is 79.9. The van der Waals surface area contributed by atoms with Crippen LogP contribution in [0.5, 0.6) is 0 Å². The maximum atomic E-state index is 8.99. The summed E-state index contributed by atoms with van der Waals surface area (Å²) in [5.41, 5.74) is 0.951. The van der Waals surface area contributed by atoms with E-state index in [2.05, 4.69) is 41.6 Å². The van der Waals surface area contributed by atoms with E-state index in [1.807, 2.05) is 11.4 Å². The number of hydrogen-bond donors (Lipinski definition) is 0. The van der Waals surface area contributed by atoms with Crippen LogP contribution in [-0.2, 0) is 4.43 Å². The molecule has 1 atom stereocenters. The molecule has 0 aromatic carbocycles. The van der Waals surface area contributed by atoms with Gasteiger partial charge < -0.3 is 4.43 Å². The van der Waals surface area contributed by atoms with E-state index in [1.54, 1.807) is 11.3 Å². The van der Waals surface area contributed by atoms with Crippen LogP contribution in [-0.4, -0.2) is 8.32 Å². The average Bonchev–Trinajstić information content (AvgIpc) is 2.46. The van der Waals surface area contributed by atoms with Crippen LogP contribution >= 0.6 is 27.3 Å². The lowest BCUT2D eigenvalue weighted by atomic mass is 10.2. The summed E-state index contributed by atoms with van der Waals surface area (Å²) in [4.78, 5) is 0. The van der Waals surface area contributed by atoms with Crippen molar-refractivity contribution in [2.75, 3.05) is 0 Å². The van der Waals surface area contributed by atoms with Crippen molar-refractivity contribution in [1.29, 1.82) is 5.26 Å². The standard InChI is InChI=1S/C9H12BrNOSSi/c1-14(2,3)12-8(5-11)7-4-9(10)13-6-7/h4,6,8H,1-3H3. The van der Waals surface area contributed by atoms with Gasteiger partial charge in [0.1, 0.15) is 0 Å². The Bertz CT molecular complexity index is 352. The first-order valence-electron chi connectivity index (χ1n) is 4.24. The highest BCUT2D eigenvalue weighted by Crippen LogP contribution is 2.28. The average molecular weight is 290 g/mol. The zero-order valence-electron chi connectivity index (χ0n) is 8.37. The SMILES string of the molecule is C[Si](C)(C)OC(C#N)c1csc(Br)c1. The lowest BCUT2D eigenvalue weighted by Gasteiger charge is -2.20. The van der Waals surface area contributed by atoms with Crippen molar-refractivity contribution in [3.63, 3.8) is 0 Å². The Kier molecular flexibility index (Phi) is 3.90. The second-order valence-corrected chi connectivity index (χ2v) is 10.7. The van der Waals surface area contributed by atoms with Crippen molar-refractivity contribution in [3.8, 4) is 6.07 Å². The van der Waals surface area contributed by atoms with Crippen molar-refractivity contribution in [2.45, 2.75) is 25.7 Å². The van der Waals surface area contributed by atoms with Gasteiger partial charge in [-0.05, 0) is 47.0 Å². The van der Waals surface area contributed by atoms with E-state index in [4.69, 9.17) is 9.69 Å². The van der Waals surface area contributed by atoms with Crippen molar-refractivity contribution in [3.05, 3.63) is 20.8 Å². The second-order valence-electron chi connectivity index (χ2n) is 3.92. The molecule has 2 nitrogen and oxygen atoms in total. The summed E-state index contributed by atoms with van der Waals surface area (Å²) in [6.07, 6.45) is -0.413. The van der Waals surface area contributed by atoms with Crippen molar-refractivity contribution in [2.24, 2.45) is 0 Å². The number of thiophene rings is 1. The molecule has 76 valence electrons. The first kappa shape index (κ1) is 11.9. The molecule has 0 saturated carbocycles. The van der Waals surface area contributed by atoms with E-state index in [0.717, 1.165) is 9.35 Å². The number of nitriles is 1. The summed E-state index contributed by atoms with van der Waals surface area (Å²) in [6, 6.07) is 4.13. The summed E-state index contributed by atoms with van der Waals surface area (Å²) in [7, 11) is -1.65. The zero-order valence-corrected chi connectivity index (χ0v) is 11.8. The van der Waals surface area contributed by atoms with E-state index in [9.17, 15) is 0 Å². The van der Waals surface area contributed by atoms with Crippen LogP contribution in [0.15, 0.2) is 15.2 Å². The van der Waals surface area contributed by atoms with Crippen LogP contribution in [0.1, 0.15) is 11.7 Å². The van der Waals surface area contributed by atoms with Crippen molar-refractivity contribution < 1.29 is 4.43 Å². The summed E-state index contributed by atoms with van der Waals surface area (Å²) in [5, 5.41) is 10.9. The minimum absolute atomic E-state index is 0.413. The minimum atomic E-state index is -1.65. The molecule has 1 heterocycles. The lowest BCUT2D eigenvalue weighted by molar-refractivity contribution is 0.255. The van der Waals surface area contributed by atoms with Gasteiger partial charge in [-0.2, -0.15) is 5.26 Å². The Labute approximate surface area is 97.8 Å². The van der Waals surface area contributed by atoms with Gasteiger partial charge in [-0.25, -0.2) is 0 Å². The largest absolute Gasteiger partial charge is 0.399 e. The van der Waals surface area contributed by atoms with Gasteiger partial charge in [-0.15, -0.1) is 11.3 Å². The Balaban J connectivity index is 2.79. The fourth-order valence-electron chi connectivity index (χ4n) is 0.983. The number of rotatable bonds is 3. The maximum absolute atomic E-state index is 8.99. The van der Waals surface area contributed by atoms with E-state index in [1.165, 1.54) is 0 Å². The first-order chi connectivity index (χ1) is 6.42. The predicted molar refractivity (Wildman–Crippen MR) is 64.8 cm³/mol. The monoisotopic (exact) mass is 289 g/mol. The van der Waals surface area contributed by atoms with E-state index in [-0.39, 0.29) is 0 Å². The van der Waals surface area contributed by atoms with Crippen LogP contribution in [0.4, 0.5) is 0 Å². The second kappa shape index (κ2) is 4.58. The first-order valence-corrected chi connectivity index (χ1v) is 9.32. The van der Waals surface area contributed by atoms with Crippen molar-refractivity contribution in [1.82, 2.24) is 0 Å². The normalized spacial score (nSPS) is 13.6. The molecule has 0 saturated heterocycles. The van der Waals surface area contributed by atoms with Gasteiger partial charge in [-0.1, -0.05) is 0 Å². The molecule has 1 aromatic rings. The summed E-state index contributed by atoms with van der Waals surface area (Å²) >= 11 is 4.95. The fraction of sp³-hybridized carbons (Fsp3) is 0.444. The Hall–Kier alpha value is -0.153. The molecular formula is C9H12BrNOSSi. The van der Waals surface area contributed by atoms with Crippen LogP contribution in [0.3, 0.4) is 0 Å². The molecule has 0 radical (unpaired) electrons. The Morgan fingerprint density at radius 1 is 1.57 bits per heavy atom. The van der Waals surface area contributed by atoms with Crippen molar-refractivity contribution >= 4 is 35.6 Å².